The van der Waals surface area contributed by atoms with Crippen molar-refractivity contribution < 1.29 is 9.15 Å². The van der Waals surface area contributed by atoms with Gasteiger partial charge in [0.25, 0.3) is 0 Å². The van der Waals surface area contributed by atoms with Gasteiger partial charge in [-0.2, -0.15) is 11.8 Å². The largest absolute Gasteiger partial charge is 0.464 e. The van der Waals surface area contributed by atoms with E-state index in [9.17, 15) is 0 Å². The highest BCUT2D eigenvalue weighted by Crippen LogP contribution is 2.17. The van der Waals surface area contributed by atoms with Crippen LogP contribution in [0.4, 0.5) is 0 Å². The molecule has 0 amide bonds. The number of nitrogens with one attached hydrogen (secondary N) is 1. The monoisotopic (exact) mass is 255 g/mol. The molecule has 96 valence electrons. The lowest BCUT2D eigenvalue weighted by Crippen LogP contribution is -2.36. The summed E-state index contributed by atoms with van der Waals surface area (Å²) in [7, 11) is 0. The van der Waals surface area contributed by atoms with Crippen molar-refractivity contribution in [1.82, 2.24) is 5.32 Å². The summed E-state index contributed by atoms with van der Waals surface area (Å²) in [5.74, 6) is 3.01. The van der Waals surface area contributed by atoms with Crippen LogP contribution in [0.3, 0.4) is 0 Å². The summed E-state index contributed by atoms with van der Waals surface area (Å²) in [6, 6.07) is 4.51. The van der Waals surface area contributed by atoms with Crippen LogP contribution >= 0.6 is 11.8 Å². The van der Waals surface area contributed by atoms with E-state index in [1.807, 2.05) is 0 Å². The fourth-order valence-corrected chi connectivity index (χ4v) is 2.57. The molecule has 0 aromatic carbocycles. The normalized spacial score (nSPS) is 21.9. The van der Waals surface area contributed by atoms with Gasteiger partial charge in [-0.05, 0) is 38.2 Å². The summed E-state index contributed by atoms with van der Waals surface area (Å²) in [5, 5.41) is 3.47. The Morgan fingerprint density at radius 1 is 1.47 bits per heavy atom. The van der Waals surface area contributed by atoms with E-state index in [0.29, 0.717) is 12.1 Å². The first-order valence-electron chi connectivity index (χ1n) is 6.21. The molecule has 17 heavy (non-hydrogen) atoms. The van der Waals surface area contributed by atoms with Crippen molar-refractivity contribution in [2.45, 2.75) is 44.2 Å². The molecular weight excluding hydrogens is 234 g/mol. The number of ether oxygens (including phenoxy) is 1. The highest BCUT2D eigenvalue weighted by molar-refractivity contribution is 7.97. The van der Waals surface area contributed by atoms with Gasteiger partial charge in [0, 0.05) is 12.6 Å². The second kappa shape index (κ2) is 6.47. The van der Waals surface area contributed by atoms with Crippen molar-refractivity contribution >= 4 is 11.8 Å². The average molecular weight is 255 g/mol. The van der Waals surface area contributed by atoms with Gasteiger partial charge in [-0.1, -0.05) is 0 Å². The minimum Gasteiger partial charge on any atom is -0.464 e. The molecule has 3 nitrogen and oxygen atoms in total. The third kappa shape index (κ3) is 3.76. The first kappa shape index (κ1) is 13.0. The van der Waals surface area contributed by atoms with Crippen molar-refractivity contribution in [3.05, 3.63) is 23.7 Å². The van der Waals surface area contributed by atoms with Gasteiger partial charge in [0.05, 0.1) is 18.4 Å². The Labute approximate surface area is 107 Å². The van der Waals surface area contributed by atoms with Crippen LogP contribution in [0.1, 0.15) is 31.3 Å². The van der Waals surface area contributed by atoms with Crippen LogP contribution in [-0.4, -0.2) is 25.0 Å². The Kier molecular flexibility index (Phi) is 4.95. The van der Waals surface area contributed by atoms with E-state index in [-0.39, 0.29) is 0 Å². The summed E-state index contributed by atoms with van der Waals surface area (Å²) in [5.41, 5.74) is 0. The lowest BCUT2D eigenvalue weighted by molar-refractivity contribution is 0.0825. The van der Waals surface area contributed by atoms with Crippen LogP contribution in [0.2, 0.25) is 0 Å². The summed E-state index contributed by atoms with van der Waals surface area (Å²) in [4.78, 5) is 0. The summed E-state index contributed by atoms with van der Waals surface area (Å²) in [6.07, 6.45) is 4.81. The van der Waals surface area contributed by atoms with E-state index < -0.39 is 0 Å². The van der Waals surface area contributed by atoms with Gasteiger partial charge in [0.1, 0.15) is 11.5 Å². The van der Waals surface area contributed by atoms with Crippen LogP contribution in [0.25, 0.3) is 0 Å². The number of thioether (sulfide) groups is 1. The molecule has 2 rings (SSSR count). The standard InChI is InChI=1S/C13H21NO2S/c1-10(13-4-3-7-15-13)14-8-11-5-6-12(16-11)9-17-2/h5-6,10,13-14H,3-4,7-9H2,1-2H3. The zero-order valence-electron chi connectivity index (χ0n) is 10.6. The van der Waals surface area contributed by atoms with Crippen molar-refractivity contribution in [2.24, 2.45) is 0 Å². The molecule has 0 saturated carbocycles. The Morgan fingerprint density at radius 3 is 3.00 bits per heavy atom. The molecule has 2 heterocycles. The molecule has 1 N–H and O–H groups in total. The molecule has 1 aromatic heterocycles. The molecule has 1 fully saturated rings. The fraction of sp³-hybridized carbons (Fsp3) is 0.692. The molecule has 2 unspecified atom stereocenters. The van der Waals surface area contributed by atoms with Gasteiger partial charge in [-0.3, -0.25) is 0 Å². The molecule has 1 aliphatic heterocycles. The van der Waals surface area contributed by atoms with E-state index >= 15 is 0 Å². The fourth-order valence-electron chi connectivity index (χ4n) is 2.13. The van der Waals surface area contributed by atoms with Crippen LogP contribution in [0.5, 0.6) is 0 Å². The van der Waals surface area contributed by atoms with Crippen molar-refractivity contribution in [3.8, 4) is 0 Å². The second-order valence-corrected chi connectivity index (χ2v) is 5.39. The highest BCUT2D eigenvalue weighted by atomic mass is 32.2. The third-order valence-electron chi connectivity index (χ3n) is 3.12. The Bertz CT molecular complexity index is 334. The number of hydrogen-bond acceptors (Lipinski definition) is 4. The van der Waals surface area contributed by atoms with Gasteiger partial charge in [0.15, 0.2) is 0 Å². The molecule has 0 spiro atoms. The van der Waals surface area contributed by atoms with E-state index in [2.05, 4.69) is 30.6 Å². The van der Waals surface area contributed by atoms with E-state index in [4.69, 9.17) is 9.15 Å². The van der Waals surface area contributed by atoms with Crippen molar-refractivity contribution in [3.63, 3.8) is 0 Å². The third-order valence-corrected chi connectivity index (χ3v) is 3.70. The minimum absolute atomic E-state index is 0.371. The summed E-state index contributed by atoms with van der Waals surface area (Å²) in [6.45, 7) is 3.88. The zero-order chi connectivity index (χ0) is 12.1. The number of hydrogen-bond donors (Lipinski definition) is 1. The number of rotatable bonds is 6. The smallest absolute Gasteiger partial charge is 0.118 e. The SMILES string of the molecule is CSCc1ccc(CNC(C)C2CCCO2)o1. The maximum atomic E-state index is 5.71. The highest BCUT2D eigenvalue weighted by Gasteiger charge is 2.21. The van der Waals surface area contributed by atoms with Crippen molar-refractivity contribution in [1.29, 1.82) is 0 Å². The maximum Gasteiger partial charge on any atom is 0.118 e. The predicted octanol–water partition coefficient (Wildman–Crippen LogP) is 2.80. The molecule has 2 atom stereocenters. The van der Waals surface area contributed by atoms with Gasteiger partial charge >= 0.3 is 0 Å². The molecule has 0 bridgehead atoms. The first-order valence-corrected chi connectivity index (χ1v) is 7.60. The molecular formula is C13H21NO2S. The first-order chi connectivity index (χ1) is 8.29. The van der Waals surface area contributed by atoms with E-state index in [1.54, 1.807) is 11.8 Å². The molecule has 4 heteroatoms. The van der Waals surface area contributed by atoms with Crippen LogP contribution in [-0.2, 0) is 17.0 Å². The lowest BCUT2D eigenvalue weighted by Gasteiger charge is -2.19. The zero-order valence-corrected chi connectivity index (χ0v) is 11.4. The summed E-state index contributed by atoms with van der Waals surface area (Å²) < 4.78 is 11.4. The molecule has 0 radical (unpaired) electrons. The molecule has 1 aromatic rings. The van der Waals surface area contributed by atoms with Crippen LogP contribution in [0, 0.1) is 0 Å². The minimum atomic E-state index is 0.371. The molecule has 1 aliphatic rings. The Balaban J connectivity index is 1.76. The van der Waals surface area contributed by atoms with E-state index in [1.165, 1.54) is 12.8 Å². The van der Waals surface area contributed by atoms with Gasteiger partial charge in [-0.25, -0.2) is 0 Å². The predicted molar refractivity (Wildman–Crippen MR) is 71.2 cm³/mol. The van der Waals surface area contributed by atoms with Gasteiger partial charge < -0.3 is 14.5 Å². The number of furan rings is 1. The molecule has 1 saturated heterocycles. The summed E-state index contributed by atoms with van der Waals surface area (Å²) >= 11 is 1.78. The quantitative estimate of drug-likeness (QED) is 0.847. The maximum absolute atomic E-state index is 5.71. The topological polar surface area (TPSA) is 34.4 Å². The Morgan fingerprint density at radius 2 is 2.29 bits per heavy atom. The van der Waals surface area contributed by atoms with Crippen LogP contribution < -0.4 is 5.32 Å². The van der Waals surface area contributed by atoms with E-state index in [0.717, 1.165) is 30.4 Å². The Hall–Kier alpha value is -0.450. The average Bonchev–Trinajstić information content (AvgIpc) is 2.97. The molecule has 0 aliphatic carbocycles. The van der Waals surface area contributed by atoms with Gasteiger partial charge in [-0.15, -0.1) is 0 Å². The van der Waals surface area contributed by atoms with Crippen molar-refractivity contribution in [2.75, 3.05) is 12.9 Å². The van der Waals surface area contributed by atoms with Crippen LogP contribution in [0.15, 0.2) is 16.5 Å². The lowest BCUT2D eigenvalue weighted by atomic mass is 10.1. The second-order valence-electron chi connectivity index (χ2n) is 4.52. The van der Waals surface area contributed by atoms with Gasteiger partial charge in [0.2, 0.25) is 0 Å².